The third kappa shape index (κ3) is 5.09. The van der Waals surface area contributed by atoms with Crippen molar-refractivity contribution in [1.29, 1.82) is 0 Å². The Labute approximate surface area is 165 Å². The first kappa shape index (κ1) is 19.9. The summed E-state index contributed by atoms with van der Waals surface area (Å²) in [5, 5.41) is 7.59. The Balaban J connectivity index is 1.50. The van der Waals surface area contributed by atoms with Crippen LogP contribution in [0.2, 0.25) is 5.02 Å². The van der Waals surface area contributed by atoms with E-state index in [0.717, 1.165) is 45.6 Å². The molecule has 1 fully saturated rings. The Hall–Kier alpha value is -1.89. The Morgan fingerprint density at radius 2 is 1.96 bits per heavy atom. The number of likely N-dealkylation sites (N-methyl/N-ethyl adjacent to an activating group) is 1. The van der Waals surface area contributed by atoms with Crippen molar-refractivity contribution in [2.75, 3.05) is 46.3 Å². The summed E-state index contributed by atoms with van der Waals surface area (Å²) in [4.78, 5) is 17.5. The zero-order valence-corrected chi connectivity index (χ0v) is 16.8. The summed E-state index contributed by atoms with van der Waals surface area (Å²) in [6, 6.07) is 7.33. The summed E-state index contributed by atoms with van der Waals surface area (Å²) >= 11 is 6.25. The number of carbonyl (C=O) groups excluding carboxylic acids is 1. The lowest BCUT2D eigenvalue weighted by atomic mass is 10.1. The highest BCUT2D eigenvalue weighted by Crippen LogP contribution is 2.30. The van der Waals surface area contributed by atoms with Gasteiger partial charge in [-0.25, -0.2) is 0 Å². The van der Waals surface area contributed by atoms with Crippen molar-refractivity contribution in [2.45, 2.75) is 19.8 Å². The van der Waals surface area contributed by atoms with Crippen LogP contribution in [-0.4, -0.2) is 67.2 Å². The number of amides is 1. The zero-order chi connectivity index (χ0) is 19.2. The number of piperazine rings is 1. The number of aromatic nitrogens is 1. The maximum Gasteiger partial charge on any atom is 0.257 e. The number of carbonyl (C=O) groups is 1. The number of nitrogens with zero attached hydrogens (tertiary/aromatic N) is 3. The van der Waals surface area contributed by atoms with Crippen LogP contribution < -0.4 is 5.32 Å². The lowest BCUT2D eigenvalue weighted by Gasteiger charge is -2.32. The summed E-state index contributed by atoms with van der Waals surface area (Å²) in [5.41, 5.74) is 1.66. The molecule has 1 aromatic heterocycles. The number of hydrogen-bond donors (Lipinski definition) is 1. The molecule has 146 valence electrons. The maximum atomic E-state index is 12.7. The molecular formula is C20H27ClN4O2. The minimum atomic E-state index is -0.164. The number of rotatable bonds is 7. The number of aryl methyl sites for hydroxylation is 1. The average molecular weight is 391 g/mol. The fourth-order valence-electron chi connectivity index (χ4n) is 3.30. The van der Waals surface area contributed by atoms with E-state index in [0.29, 0.717) is 34.1 Å². The van der Waals surface area contributed by atoms with E-state index in [2.05, 4.69) is 27.3 Å². The van der Waals surface area contributed by atoms with Crippen LogP contribution in [0, 0.1) is 6.92 Å². The lowest BCUT2D eigenvalue weighted by Crippen LogP contribution is -2.44. The molecule has 0 spiro atoms. The van der Waals surface area contributed by atoms with Crippen LogP contribution in [0.4, 0.5) is 0 Å². The molecule has 0 radical (unpaired) electrons. The van der Waals surface area contributed by atoms with E-state index in [4.69, 9.17) is 16.1 Å². The fraction of sp³-hybridized carbons (Fsp3) is 0.500. The minimum Gasteiger partial charge on any atom is -0.360 e. The largest absolute Gasteiger partial charge is 0.360 e. The molecule has 0 aliphatic carbocycles. The predicted molar refractivity (Wildman–Crippen MR) is 107 cm³/mol. The summed E-state index contributed by atoms with van der Waals surface area (Å²) in [7, 11) is 2.16. The molecule has 1 aliphatic rings. The summed E-state index contributed by atoms with van der Waals surface area (Å²) in [5.74, 6) is 0.336. The van der Waals surface area contributed by atoms with Crippen molar-refractivity contribution >= 4 is 17.5 Å². The number of unbranched alkanes of at least 4 members (excludes halogenated alkanes) is 1. The Kier molecular flexibility index (Phi) is 6.88. The molecule has 1 N–H and O–H groups in total. The van der Waals surface area contributed by atoms with Gasteiger partial charge in [0.25, 0.3) is 5.91 Å². The van der Waals surface area contributed by atoms with Crippen LogP contribution in [0.5, 0.6) is 0 Å². The molecule has 0 unspecified atom stereocenters. The number of benzene rings is 1. The van der Waals surface area contributed by atoms with Gasteiger partial charge in [-0.2, -0.15) is 0 Å². The first-order chi connectivity index (χ1) is 13.1. The van der Waals surface area contributed by atoms with Gasteiger partial charge < -0.3 is 19.6 Å². The molecule has 0 bridgehead atoms. The van der Waals surface area contributed by atoms with E-state index < -0.39 is 0 Å². The number of nitrogens with one attached hydrogen (secondary N) is 1. The predicted octanol–water partition coefficient (Wildman–Crippen LogP) is 3.06. The van der Waals surface area contributed by atoms with Gasteiger partial charge in [-0.3, -0.25) is 4.79 Å². The third-order valence-corrected chi connectivity index (χ3v) is 5.33. The number of halogens is 1. The highest BCUT2D eigenvalue weighted by Gasteiger charge is 2.22. The second-order valence-electron chi connectivity index (χ2n) is 7.05. The summed E-state index contributed by atoms with van der Waals surface area (Å²) < 4.78 is 5.26. The van der Waals surface area contributed by atoms with E-state index in [9.17, 15) is 4.79 Å². The van der Waals surface area contributed by atoms with Crippen LogP contribution in [-0.2, 0) is 0 Å². The van der Waals surface area contributed by atoms with Gasteiger partial charge in [0.1, 0.15) is 17.0 Å². The second-order valence-corrected chi connectivity index (χ2v) is 7.46. The standard InChI is InChI=1S/C20H27ClN4O2/c1-15-18(19(23-27-15)16-7-3-4-8-17(16)21)20(26)22-9-5-6-10-25-13-11-24(2)12-14-25/h3-4,7-8H,5-6,9-14H2,1-2H3,(H,22,26). The van der Waals surface area contributed by atoms with Crippen molar-refractivity contribution < 1.29 is 9.32 Å². The van der Waals surface area contributed by atoms with E-state index in [-0.39, 0.29) is 5.91 Å². The van der Waals surface area contributed by atoms with Crippen molar-refractivity contribution in [1.82, 2.24) is 20.3 Å². The van der Waals surface area contributed by atoms with Crippen LogP contribution in [0.1, 0.15) is 29.0 Å². The Bertz CT molecular complexity index is 769. The molecule has 1 aromatic carbocycles. The van der Waals surface area contributed by atoms with Gasteiger partial charge in [0.15, 0.2) is 0 Å². The molecule has 0 saturated carbocycles. The van der Waals surface area contributed by atoms with Crippen LogP contribution >= 0.6 is 11.6 Å². The van der Waals surface area contributed by atoms with Crippen LogP contribution in [0.25, 0.3) is 11.3 Å². The Morgan fingerprint density at radius 3 is 2.70 bits per heavy atom. The number of hydrogen-bond acceptors (Lipinski definition) is 5. The Morgan fingerprint density at radius 1 is 1.22 bits per heavy atom. The molecule has 2 heterocycles. The average Bonchev–Trinajstić information content (AvgIpc) is 3.04. The van der Waals surface area contributed by atoms with Gasteiger partial charge in [0, 0.05) is 38.3 Å². The molecule has 1 saturated heterocycles. The van der Waals surface area contributed by atoms with E-state index in [1.165, 1.54) is 0 Å². The molecule has 3 rings (SSSR count). The van der Waals surface area contributed by atoms with Gasteiger partial charge in [0.2, 0.25) is 0 Å². The van der Waals surface area contributed by atoms with Crippen molar-refractivity contribution in [2.24, 2.45) is 0 Å². The van der Waals surface area contributed by atoms with Gasteiger partial charge in [-0.1, -0.05) is 35.0 Å². The topological polar surface area (TPSA) is 61.6 Å². The molecule has 6 nitrogen and oxygen atoms in total. The van der Waals surface area contributed by atoms with Crippen molar-refractivity contribution in [3.8, 4) is 11.3 Å². The molecule has 1 aliphatic heterocycles. The van der Waals surface area contributed by atoms with Gasteiger partial charge >= 0.3 is 0 Å². The van der Waals surface area contributed by atoms with Gasteiger partial charge in [0.05, 0.1) is 5.02 Å². The van der Waals surface area contributed by atoms with Crippen LogP contribution in [0.15, 0.2) is 28.8 Å². The van der Waals surface area contributed by atoms with E-state index in [1.807, 2.05) is 18.2 Å². The van der Waals surface area contributed by atoms with Gasteiger partial charge in [-0.05, 0) is 39.4 Å². The SMILES string of the molecule is Cc1onc(-c2ccccc2Cl)c1C(=O)NCCCCN1CCN(C)CC1. The molecule has 1 amide bonds. The summed E-state index contributed by atoms with van der Waals surface area (Å²) in [6.45, 7) is 7.99. The monoisotopic (exact) mass is 390 g/mol. The molecule has 0 atom stereocenters. The highest BCUT2D eigenvalue weighted by atomic mass is 35.5. The smallest absolute Gasteiger partial charge is 0.257 e. The minimum absolute atomic E-state index is 0.164. The first-order valence-corrected chi connectivity index (χ1v) is 9.84. The van der Waals surface area contributed by atoms with Crippen molar-refractivity contribution in [3.05, 3.63) is 40.6 Å². The van der Waals surface area contributed by atoms with Gasteiger partial charge in [-0.15, -0.1) is 0 Å². The van der Waals surface area contributed by atoms with Crippen molar-refractivity contribution in [3.63, 3.8) is 0 Å². The zero-order valence-electron chi connectivity index (χ0n) is 16.0. The second kappa shape index (κ2) is 9.35. The summed E-state index contributed by atoms with van der Waals surface area (Å²) in [6.07, 6.45) is 2.02. The molecule has 7 heteroatoms. The first-order valence-electron chi connectivity index (χ1n) is 9.46. The fourth-order valence-corrected chi connectivity index (χ4v) is 3.52. The molecular weight excluding hydrogens is 364 g/mol. The lowest BCUT2D eigenvalue weighted by molar-refractivity contribution is 0.0951. The quantitative estimate of drug-likeness (QED) is 0.736. The maximum absolute atomic E-state index is 12.7. The van der Waals surface area contributed by atoms with E-state index >= 15 is 0 Å². The normalized spacial score (nSPS) is 15.8. The third-order valence-electron chi connectivity index (χ3n) is 5.00. The van der Waals surface area contributed by atoms with E-state index in [1.54, 1.807) is 13.0 Å². The highest BCUT2D eigenvalue weighted by molar-refractivity contribution is 6.33. The van der Waals surface area contributed by atoms with Crippen LogP contribution in [0.3, 0.4) is 0 Å². The molecule has 2 aromatic rings. The molecule has 27 heavy (non-hydrogen) atoms.